The first-order chi connectivity index (χ1) is 28.1. The highest BCUT2D eigenvalue weighted by Crippen LogP contribution is 2.38. The minimum atomic E-state index is 0.0552. The normalized spacial score (nSPS) is 13.3. The zero-order valence-corrected chi connectivity index (χ0v) is 32.7. The molecular formula is C48H48O9. The maximum absolute atomic E-state index is 6.57. The van der Waals surface area contributed by atoms with Gasteiger partial charge >= 0.3 is 0 Å². The largest absolute Gasteiger partial charge is 0.467 e. The van der Waals surface area contributed by atoms with Crippen molar-refractivity contribution in [1.82, 2.24) is 0 Å². The van der Waals surface area contributed by atoms with Crippen LogP contribution in [0.15, 0.2) is 127 Å². The van der Waals surface area contributed by atoms with Crippen LogP contribution in [0.5, 0.6) is 17.2 Å². The third kappa shape index (κ3) is 10.1. The number of benzene rings is 6. The standard InChI is InChI=1S/C48H48O9/c1-49-31-55-46-40-19-37(34-13-7-4-8-14-34)20-41(46)26-53-28-43-22-39(36-17-11-6-12-18-36)24-45(48(43)57-33-51-3)30-54-29-44-23-38(35-15-9-5-10-16-35)21-42(27-52-25-40)47(44)56-32-50-2/h4-24H,25-33H2,1-3H3. The Morgan fingerprint density at radius 1 is 0.333 bits per heavy atom. The molecule has 0 atom stereocenters. The molecule has 0 saturated heterocycles. The van der Waals surface area contributed by atoms with E-state index in [0.717, 1.165) is 66.8 Å². The Balaban J connectivity index is 1.39. The first kappa shape index (κ1) is 39.7. The van der Waals surface area contributed by atoms with Gasteiger partial charge in [-0.3, -0.25) is 0 Å². The molecular weight excluding hydrogens is 721 g/mol. The maximum Gasteiger partial charge on any atom is 0.188 e. The van der Waals surface area contributed by atoms with Crippen LogP contribution in [0.3, 0.4) is 0 Å². The Hall–Kier alpha value is -5.52. The van der Waals surface area contributed by atoms with Gasteiger partial charge < -0.3 is 42.6 Å². The summed E-state index contributed by atoms with van der Waals surface area (Å²) >= 11 is 0. The van der Waals surface area contributed by atoms with E-state index in [1.165, 1.54) is 0 Å². The fourth-order valence-corrected chi connectivity index (χ4v) is 7.02. The number of hydrogen-bond donors (Lipinski definition) is 0. The average molecular weight is 769 g/mol. The summed E-state index contributed by atoms with van der Waals surface area (Å²) in [4.78, 5) is 0. The van der Waals surface area contributed by atoms with Gasteiger partial charge in [-0.25, -0.2) is 0 Å². The van der Waals surface area contributed by atoms with Gasteiger partial charge in [0, 0.05) is 54.7 Å². The van der Waals surface area contributed by atoms with Crippen molar-refractivity contribution in [1.29, 1.82) is 0 Å². The van der Waals surface area contributed by atoms with Crippen LogP contribution in [0.25, 0.3) is 33.4 Å². The number of methoxy groups -OCH3 is 3. The van der Waals surface area contributed by atoms with Crippen molar-refractivity contribution in [3.63, 3.8) is 0 Å². The second-order valence-electron chi connectivity index (χ2n) is 13.6. The molecule has 0 spiro atoms. The summed E-state index contributed by atoms with van der Waals surface area (Å²) < 4.78 is 54.8. The van der Waals surface area contributed by atoms with Gasteiger partial charge in [0.15, 0.2) is 20.4 Å². The molecule has 0 aliphatic carbocycles. The van der Waals surface area contributed by atoms with Crippen molar-refractivity contribution in [3.05, 3.63) is 161 Å². The van der Waals surface area contributed by atoms with Crippen LogP contribution in [0.1, 0.15) is 33.4 Å². The summed E-state index contributed by atoms with van der Waals surface area (Å²) in [6.45, 7) is 1.64. The Kier molecular flexibility index (Phi) is 14.0. The molecule has 0 fully saturated rings. The molecule has 0 unspecified atom stereocenters. The van der Waals surface area contributed by atoms with E-state index in [0.29, 0.717) is 17.2 Å². The van der Waals surface area contributed by atoms with Gasteiger partial charge in [-0.15, -0.1) is 0 Å². The average Bonchev–Trinajstić information content (AvgIpc) is 3.25. The van der Waals surface area contributed by atoms with E-state index in [1.54, 1.807) is 21.3 Å². The van der Waals surface area contributed by atoms with Gasteiger partial charge in [-0.2, -0.15) is 0 Å². The SMILES string of the molecule is COCOc1c2cc(-c3ccccc3)cc1COCc1cc(-c3ccccc3)cc(c1OCOC)COCc1cc(-c3ccccc3)cc(c1OCOC)COC2. The molecule has 1 aliphatic heterocycles. The van der Waals surface area contributed by atoms with Crippen molar-refractivity contribution in [2.24, 2.45) is 0 Å². The van der Waals surface area contributed by atoms with Gasteiger partial charge in [-0.1, -0.05) is 91.0 Å². The summed E-state index contributed by atoms with van der Waals surface area (Å²) in [6.07, 6.45) is 0. The van der Waals surface area contributed by atoms with Crippen LogP contribution >= 0.6 is 0 Å². The summed E-state index contributed by atoms with van der Waals surface area (Å²) in [5.41, 5.74) is 11.3. The molecule has 6 aromatic carbocycles. The Bertz CT molecular complexity index is 1870. The summed E-state index contributed by atoms with van der Waals surface area (Å²) in [5.74, 6) is 1.95. The fraction of sp³-hybridized carbons (Fsp3) is 0.250. The molecule has 0 N–H and O–H groups in total. The van der Waals surface area contributed by atoms with Crippen LogP contribution in [-0.4, -0.2) is 41.7 Å². The lowest BCUT2D eigenvalue weighted by atomic mass is 9.98. The molecule has 0 aromatic heterocycles. The monoisotopic (exact) mass is 768 g/mol. The van der Waals surface area contributed by atoms with Crippen molar-refractivity contribution in [2.45, 2.75) is 39.6 Å². The molecule has 7 rings (SSSR count). The molecule has 6 aromatic rings. The smallest absolute Gasteiger partial charge is 0.188 e. The molecule has 1 aliphatic rings. The van der Waals surface area contributed by atoms with E-state index in [4.69, 9.17) is 42.6 Å². The molecule has 0 radical (unpaired) electrons. The van der Waals surface area contributed by atoms with Crippen molar-refractivity contribution >= 4 is 0 Å². The van der Waals surface area contributed by atoms with Crippen LogP contribution < -0.4 is 14.2 Å². The van der Waals surface area contributed by atoms with Gasteiger partial charge in [0.25, 0.3) is 0 Å². The predicted molar refractivity (Wildman–Crippen MR) is 219 cm³/mol. The molecule has 0 amide bonds. The van der Waals surface area contributed by atoms with Crippen molar-refractivity contribution < 1.29 is 42.6 Å². The predicted octanol–water partition coefficient (Wildman–Crippen LogP) is 10.1. The number of hydrogen-bond acceptors (Lipinski definition) is 9. The van der Waals surface area contributed by atoms with Gasteiger partial charge in [0.1, 0.15) is 17.2 Å². The highest BCUT2D eigenvalue weighted by molar-refractivity contribution is 5.70. The Morgan fingerprint density at radius 3 is 0.772 bits per heavy atom. The molecule has 1 heterocycles. The molecule has 6 bridgehead atoms. The van der Waals surface area contributed by atoms with Gasteiger partial charge in [0.05, 0.1) is 39.6 Å². The second kappa shape index (κ2) is 20.1. The van der Waals surface area contributed by atoms with Crippen LogP contribution in [-0.2, 0) is 68.1 Å². The van der Waals surface area contributed by atoms with E-state index < -0.39 is 0 Å². The van der Waals surface area contributed by atoms with Crippen LogP contribution in [0.4, 0.5) is 0 Å². The molecule has 9 nitrogen and oxygen atoms in total. The lowest BCUT2D eigenvalue weighted by Gasteiger charge is -2.22. The number of rotatable bonds is 12. The third-order valence-corrected chi connectivity index (χ3v) is 9.56. The quantitative estimate of drug-likeness (QED) is 0.113. The van der Waals surface area contributed by atoms with Crippen molar-refractivity contribution in [2.75, 3.05) is 41.7 Å². The maximum atomic E-state index is 6.57. The Labute approximate surface area is 334 Å². The molecule has 57 heavy (non-hydrogen) atoms. The minimum Gasteiger partial charge on any atom is -0.467 e. The zero-order chi connectivity index (χ0) is 39.2. The summed E-state index contributed by atoms with van der Waals surface area (Å²) in [7, 11) is 4.82. The van der Waals surface area contributed by atoms with Crippen molar-refractivity contribution in [3.8, 4) is 50.6 Å². The number of fused-ring (bicyclic) bond motifs is 6. The highest BCUT2D eigenvalue weighted by atomic mass is 16.7. The molecule has 9 heteroatoms. The van der Waals surface area contributed by atoms with Gasteiger partial charge in [0.2, 0.25) is 0 Å². The topological polar surface area (TPSA) is 83.1 Å². The Morgan fingerprint density at radius 2 is 0.561 bits per heavy atom. The lowest BCUT2D eigenvalue weighted by Crippen LogP contribution is -2.11. The molecule has 0 saturated carbocycles. The first-order valence-corrected chi connectivity index (χ1v) is 18.9. The highest BCUT2D eigenvalue weighted by Gasteiger charge is 2.20. The van der Waals surface area contributed by atoms with Gasteiger partial charge in [-0.05, 0) is 69.8 Å². The third-order valence-electron chi connectivity index (χ3n) is 9.56. The van der Waals surface area contributed by atoms with E-state index in [1.807, 2.05) is 54.6 Å². The zero-order valence-electron chi connectivity index (χ0n) is 32.7. The fourth-order valence-electron chi connectivity index (χ4n) is 7.02. The van der Waals surface area contributed by atoms with Crippen LogP contribution in [0, 0.1) is 0 Å². The summed E-state index contributed by atoms with van der Waals surface area (Å²) in [5, 5.41) is 0. The van der Waals surface area contributed by atoms with E-state index >= 15 is 0 Å². The van der Waals surface area contributed by atoms with E-state index in [-0.39, 0.29) is 60.0 Å². The van der Waals surface area contributed by atoms with E-state index in [2.05, 4.69) is 72.8 Å². The van der Waals surface area contributed by atoms with Crippen LogP contribution in [0.2, 0.25) is 0 Å². The van der Waals surface area contributed by atoms with E-state index in [9.17, 15) is 0 Å². The molecule has 294 valence electrons. The first-order valence-electron chi connectivity index (χ1n) is 18.9. The lowest BCUT2D eigenvalue weighted by molar-refractivity contribution is 0.0365. The number of ether oxygens (including phenoxy) is 9. The minimum absolute atomic E-state index is 0.0552. The second-order valence-corrected chi connectivity index (χ2v) is 13.6. The summed E-state index contributed by atoms with van der Waals surface area (Å²) in [6, 6.07) is 43.4.